The molecule has 0 saturated carbocycles. The van der Waals surface area contributed by atoms with Crippen LogP contribution in [-0.2, 0) is 6.18 Å². The lowest BCUT2D eigenvalue weighted by Crippen LogP contribution is -2.55. The van der Waals surface area contributed by atoms with Gasteiger partial charge in [0, 0.05) is 68.9 Å². The quantitative estimate of drug-likeness (QED) is 0.335. The van der Waals surface area contributed by atoms with Gasteiger partial charge in [0.1, 0.15) is 17.6 Å². The molecule has 0 bridgehead atoms. The summed E-state index contributed by atoms with van der Waals surface area (Å²) in [6, 6.07) is 6.32. The van der Waals surface area contributed by atoms with Gasteiger partial charge >= 0.3 is 6.18 Å². The van der Waals surface area contributed by atoms with Gasteiger partial charge in [0.25, 0.3) is 11.8 Å². The van der Waals surface area contributed by atoms with Crippen molar-refractivity contribution in [1.29, 1.82) is 0 Å². The van der Waals surface area contributed by atoms with E-state index in [1.54, 1.807) is 30.6 Å². The molecule has 2 aliphatic rings. The number of hydrogen-bond acceptors (Lipinski definition) is 9. The van der Waals surface area contributed by atoms with Crippen molar-refractivity contribution < 1.29 is 36.6 Å². The van der Waals surface area contributed by atoms with E-state index in [1.165, 1.54) is 18.1 Å². The van der Waals surface area contributed by atoms with E-state index in [2.05, 4.69) is 20.6 Å². The Kier molecular flexibility index (Phi) is 9.89. The van der Waals surface area contributed by atoms with Crippen LogP contribution in [0, 0.1) is 0 Å². The molecule has 2 fully saturated rings. The lowest BCUT2D eigenvalue weighted by Gasteiger charge is -2.43. The molecule has 15 heteroatoms. The Hall–Kier alpha value is -4.53. The van der Waals surface area contributed by atoms with E-state index in [0.717, 1.165) is 6.07 Å². The molecular weight excluding hydrogens is 610 g/mol. The average molecular weight is 646 g/mol. The summed E-state index contributed by atoms with van der Waals surface area (Å²) in [7, 11) is 1.19. The molecule has 246 valence electrons. The molecule has 0 aliphatic carbocycles. The van der Waals surface area contributed by atoms with Gasteiger partial charge in [-0.05, 0) is 31.5 Å². The summed E-state index contributed by atoms with van der Waals surface area (Å²) in [6.45, 7) is 4.64. The Bertz CT molecular complexity index is 1560. The van der Waals surface area contributed by atoms with Crippen LogP contribution in [0.5, 0.6) is 11.6 Å². The fourth-order valence-electron chi connectivity index (χ4n) is 5.69. The van der Waals surface area contributed by atoms with E-state index in [0.29, 0.717) is 35.7 Å². The molecule has 0 radical (unpaired) electrons. The second-order valence-corrected chi connectivity index (χ2v) is 10.9. The zero-order chi connectivity index (χ0) is 33.0. The summed E-state index contributed by atoms with van der Waals surface area (Å²) < 4.78 is 66.9. The fourth-order valence-corrected chi connectivity index (χ4v) is 5.69. The number of nitrogens with one attached hydrogen (secondary N) is 2. The van der Waals surface area contributed by atoms with Gasteiger partial charge in [0.2, 0.25) is 5.88 Å². The van der Waals surface area contributed by atoms with Gasteiger partial charge in [-0.15, -0.1) is 0 Å². The maximum atomic E-state index is 14.5. The smallest absolute Gasteiger partial charge is 0.434 e. The maximum absolute atomic E-state index is 14.5. The van der Waals surface area contributed by atoms with Crippen LogP contribution in [0.1, 0.15) is 46.8 Å². The van der Waals surface area contributed by atoms with Crippen LogP contribution in [0.3, 0.4) is 0 Å². The second-order valence-electron chi connectivity index (χ2n) is 10.9. The number of aromatic nitrogens is 3. The topological polar surface area (TPSA) is 122 Å². The van der Waals surface area contributed by atoms with Gasteiger partial charge < -0.3 is 29.9 Å². The summed E-state index contributed by atoms with van der Waals surface area (Å²) in [5.74, 6) is -1.28. The molecule has 11 nitrogen and oxygen atoms in total. The Morgan fingerprint density at radius 2 is 1.93 bits per heavy atom. The average Bonchev–Trinajstić information content (AvgIpc) is 3.47. The largest absolute Gasteiger partial charge is 0.492 e. The van der Waals surface area contributed by atoms with Crippen LogP contribution in [0.4, 0.5) is 23.2 Å². The molecular formula is C31H35F4N7O4. The Morgan fingerprint density at radius 3 is 2.57 bits per heavy atom. The predicted molar refractivity (Wildman–Crippen MR) is 161 cm³/mol. The van der Waals surface area contributed by atoms with Crippen molar-refractivity contribution in [3.63, 3.8) is 0 Å². The summed E-state index contributed by atoms with van der Waals surface area (Å²) in [5.41, 5.74) is -0.499. The number of alkyl halides is 4. The molecule has 5 heterocycles. The summed E-state index contributed by atoms with van der Waals surface area (Å²) >= 11 is 0. The van der Waals surface area contributed by atoms with E-state index in [-0.39, 0.29) is 44.3 Å². The molecule has 3 aromatic rings. The van der Waals surface area contributed by atoms with Crippen LogP contribution in [0.2, 0.25) is 0 Å². The van der Waals surface area contributed by atoms with Gasteiger partial charge in [-0.25, -0.2) is 14.4 Å². The highest BCUT2D eigenvalue weighted by molar-refractivity contribution is 6.00. The minimum Gasteiger partial charge on any atom is -0.492 e. The third-order valence-electron chi connectivity index (χ3n) is 8.00. The van der Waals surface area contributed by atoms with E-state index in [4.69, 9.17) is 14.5 Å². The van der Waals surface area contributed by atoms with Crippen molar-refractivity contribution in [3.05, 3.63) is 59.7 Å². The number of carbonyl (C=O) groups excluding carboxylic acids is 2. The fraction of sp³-hybridized carbons (Fsp3) is 0.452. The number of piperazine rings is 1. The molecule has 5 rings (SSSR count). The van der Waals surface area contributed by atoms with Crippen molar-refractivity contribution in [1.82, 2.24) is 30.5 Å². The SMILES string of the molecule is CCOc1cc(N2CCN(C(=O)c3ccc(OC)nc3C(F)(F)F)C[C@H]2CC)c(C(=O)N[C@H]2CNC[C@H]2F)nc1-c1cccnc1. The maximum Gasteiger partial charge on any atom is 0.434 e. The molecule has 2 amide bonds. The van der Waals surface area contributed by atoms with E-state index >= 15 is 0 Å². The first-order chi connectivity index (χ1) is 22.0. The third kappa shape index (κ3) is 6.83. The standard InChI is InChI=1S/C31H35F4N7O4/c1-4-19-17-41(30(44)20-8-9-25(45-3)39-28(20)31(33,34)35)11-12-42(19)23-13-24(46-5-2)26(18-7-6-10-36-14-18)40-27(23)29(43)38-22-16-37-15-21(22)32/h6-10,13-14,19,21-22,37H,4-5,11-12,15-17H2,1-3H3,(H,38,43)/t19-,21-,22+/m1/s1. The number of ether oxygens (including phenoxy) is 2. The highest BCUT2D eigenvalue weighted by atomic mass is 19.4. The zero-order valence-electron chi connectivity index (χ0n) is 25.6. The Balaban J connectivity index is 1.51. The number of methoxy groups -OCH3 is 1. The first-order valence-electron chi connectivity index (χ1n) is 15.0. The number of anilines is 1. The molecule has 46 heavy (non-hydrogen) atoms. The van der Waals surface area contributed by atoms with E-state index in [1.807, 2.05) is 18.7 Å². The summed E-state index contributed by atoms with van der Waals surface area (Å²) in [4.78, 5) is 42.9. The van der Waals surface area contributed by atoms with Crippen molar-refractivity contribution in [2.75, 3.05) is 51.3 Å². The van der Waals surface area contributed by atoms with E-state index in [9.17, 15) is 27.2 Å². The van der Waals surface area contributed by atoms with Gasteiger partial charge in [0.05, 0.1) is 31.0 Å². The highest BCUT2D eigenvalue weighted by Gasteiger charge is 2.40. The number of pyridine rings is 3. The van der Waals surface area contributed by atoms with Crippen molar-refractivity contribution in [3.8, 4) is 22.9 Å². The molecule has 0 spiro atoms. The number of amides is 2. The normalized spacial score (nSPS) is 20.0. The lowest BCUT2D eigenvalue weighted by atomic mass is 10.0. The number of hydrogen-bond donors (Lipinski definition) is 2. The van der Waals surface area contributed by atoms with Gasteiger partial charge in [-0.2, -0.15) is 13.2 Å². The molecule has 2 N–H and O–H groups in total. The van der Waals surface area contributed by atoms with Gasteiger partial charge in [-0.3, -0.25) is 14.6 Å². The Labute approximate surface area is 263 Å². The van der Waals surface area contributed by atoms with Crippen molar-refractivity contribution in [2.24, 2.45) is 0 Å². The zero-order valence-corrected chi connectivity index (χ0v) is 25.6. The third-order valence-corrected chi connectivity index (χ3v) is 8.00. The molecule has 0 aromatic carbocycles. The minimum absolute atomic E-state index is 0.0262. The lowest BCUT2D eigenvalue weighted by molar-refractivity contribution is -0.141. The van der Waals surface area contributed by atoms with Crippen LogP contribution < -0.4 is 25.0 Å². The summed E-state index contributed by atoms with van der Waals surface area (Å²) in [6.07, 6.45) is -2.48. The molecule has 3 atom stereocenters. The second kappa shape index (κ2) is 13.8. The molecule has 2 saturated heterocycles. The summed E-state index contributed by atoms with van der Waals surface area (Å²) in [5, 5.41) is 5.67. The minimum atomic E-state index is -4.88. The molecule has 3 aromatic heterocycles. The van der Waals surface area contributed by atoms with Crippen molar-refractivity contribution in [2.45, 2.75) is 44.7 Å². The molecule has 2 aliphatic heterocycles. The highest BCUT2D eigenvalue weighted by Crippen LogP contribution is 2.37. The van der Waals surface area contributed by atoms with Crippen LogP contribution in [0.25, 0.3) is 11.3 Å². The number of halogens is 4. The van der Waals surface area contributed by atoms with Gasteiger partial charge in [-0.1, -0.05) is 6.92 Å². The molecule has 0 unspecified atom stereocenters. The first kappa shape index (κ1) is 32.9. The number of nitrogens with zero attached hydrogens (tertiary/aromatic N) is 5. The van der Waals surface area contributed by atoms with Crippen LogP contribution >= 0.6 is 0 Å². The van der Waals surface area contributed by atoms with Gasteiger partial charge in [0.15, 0.2) is 11.4 Å². The number of carbonyl (C=O) groups is 2. The first-order valence-corrected chi connectivity index (χ1v) is 15.0. The van der Waals surface area contributed by atoms with Crippen LogP contribution in [-0.4, -0.2) is 96.4 Å². The monoisotopic (exact) mass is 645 g/mol. The van der Waals surface area contributed by atoms with Crippen molar-refractivity contribution >= 4 is 17.5 Å². The predicted octanol–water partition coefficient (Wildman–Crippen LogP) is 3.75. The van der Waals surface area contributed by atoms with E-state index < -0.39 is 47.5 Å². The Morgan fingerprint density at radius 1 is 1.13 bits per heavy atom. The number of rotatable bonds is 9. The van der Waals surface area contributed by atoms with Crippen LogP contribution in [0.15, 0.2) is 42.7 Å².